The summed E-state index contributed by atoms with van der Waals surface area (Å²) in [6, 6.07) is 0. The predicted octanol–water partition coefficient (Wildman–Crippen LogP) is 1.35. The van der Waals surface area contributed by atoms with Crippen molar-refractivity contribution < 1.29 is 0 Å². The Morgan fingerprint density at radius 3 is 2.86 bits per heavy atom. The van der Waals surface area contributed by atoms with Crippen LogP contribution in [0.4, 0.5) is 0 Å². The number of nitrogens with zero attached hydrogens (tertiary/aromatic N) is 2. The van der Waals surface area contributed by atoms with E-state index >= 15 is 0 Å². The van der Waals surface area contributed by atoms with E-state index in [1.807, 2.05) is 0 Å². The molecule has 0 saturated heterocycles. The van der Waals surface area contributed by atoms with Crippen LogP contribution in [-0.4, -0.2) is 21.7 Å². The second-order valence-corrected chi connectivity index (χ2v) is 4.01. The van der Waals surface area contributed by atoms with Gasteiger partial charge in [-0.05, 0) is 25.8 Å². The van der Waals surface area contributed by atoms with Crippen LogP contribution in [-0.2, 0) is 6.42 Å². The highest BCUT2D eigenvalue weighted by Gasteiger charge is 2.20. The van der Waals surface area contributed by atoms with Crippen LogP contribution in [0.15, 0.2) is 0 Å². The number of aromatic amines is 1. The van der Waals surface area contributed by atoms with Crippen molar-refractivity contribution in [2.24, 2.45) is 5.73 Å². The third-order valence-corrected chi connectivity index (χ3v) is 2.89. The van der Waals surface area contributed by atoms with Crippen LogP contribution < -0.4 is 5.73 Å². The number of aromatic nitrogens is 3. The molecule has 1 fully saturated rings. The first-order valence-corrected chi connectivity index (χ1v) is 5.51. The van der Waals surface area contributed by atoms with Crippen molar-refractivity contribution in [3.05, 3.63) is 11.6 Å². The van der Waals surface area contributed by atoms with E-state index in [1.54, 1.807) is 0 Å². The van der Waals surface area contributed by atoms with Crippen molar-refractivity contribution in [3.8, 4) is 0 Å². The van der Waals surface area contributed by atoms with Gasteiger partial charge in [0.25, 0.3) is 0 Å². The molecule has 14 heavy (non-hydrogen) atoms. The van der Waals surface area contributed by atoms with E-state index in [0.29, 0.717) is 5.92 Å². The van der Waals surface area contributed by atoms with Gasteiger partial charge in [0.2, 0.25) is 0 Å². The Bertz CT molecular complexity index is 275. The minimum Gasteiger partial charge on any atom is -0.330 e. The number of H-pyrrole nitrogens is 1. The van der Waals surface area contributed by atoms with Crippen molar-refractivity contribution >= 4 is 0 Å². The van der Waals surface area contributed by atoms with Crippen LogP contribution in [0, 0.1) is 0 Å². The molecule has 1 aromatic heterocycles. The number of hydrogen-bond acceptors (Lipinski definition) is 3. The van der Waals surface area contributed by atoms with Gasteiger partial charge in [-0.15, -0.1) is 0 Å². The molecule has 4 heteroatoms. The van der Waals surface area contributed by atoms with Crippen LogP contribution in [0.25, 0.3) is 0 Å². The summed E-state index contributed by atoms with van der Waals surface area (Å²) in [6.07, 6.45) is 7.09. The Hall–Kier alpha value is -0.900. The monoisotopic (exact) mass is 194 g/mol. The number of aryl methyl sites for hydroxylation is 1. The predicted molar refractivity (Wildman–Crippen MR) is 55.0 cm³/mol. The van der Waals surface area contributed by atoms with Crippen molar-refractivity contribution in [3.63, 3.8) is 0 Å². The molecule has 1 saturated carbocycles. The average Bonchev–Trinajstić information content (AvgIpc) is 2.85. The van der Waals surface area contributed by atoms with Crippen LogP contribution in [0.5, 0.6) is 0 Å². The van der Waals surface area contributed by atoms with Gasteiger partial charge in [-0.25, -0.2) is 4.98 Å². The second-order valence-electron chi connectivity index (χ2n) is 4.01. The van der Waals surface area contributed by atoms with E-state index < -0.39 is 0 Å². The average molecular weight is 194 g/mol. The fourth-order valence-corrected chi connectivity index (χ4v) is 2.06. The topological polar surface area (TPSA) is 67.6 Å². The van der Waals surface area contributed by atoms with E-state index in [0.717, 1.165) is 31.0 Å². The molecule has 1 aliphatic carbocycles. The van der Waals surface area contributed by atoms with Gasteiger partial charge >= 0.3 is 0 Å². The molecular formula is C10H18N4. The first-order chi connectivity index (χ1) is 6.90. The van der Waals surface area contributed by atoms with Crippen LogP contribution >= 0.6 is 0 Å². The van der Waals surface area contributed by atoms with E-state index in [-0.39, 0.29) is 0 Å². The first-order valence-electron chi connectivity index (χ1n) is 5.51. The molecule has 0 radical (unpaired) electrons. The molecule has 4 nitrogen and oxygen atoms in total. The molecule has 2 rings (SSSR count). The Morgan fingerprint density at radius 2 is 2.14 bits per heavy atom. The Kier molecular flexibility index (Phi) is 3.14. The SMILES string of the molecule is NCCCc1nc(C2CCCC2)n[nH]1. The Labute approximate surface area is 84.3 Å². The molecule has 78 valence electrons. The third kappa shape index (κ3) is 2.12. The summed E-state index contributed by atoms with van der Waals surface area (Å²) in [4.78, 5) is 4.51. The number of rotatable bonds is 4. The minimum atomic E-state index is 0.609. The molecule has 0 unspecified atom stereocenters. The molecule has 1 aliphatic rings. The summed E-state index contributed by atoms with van der Waals surface area (Å²) in [5, 5.41) is 7.27. The van der Waals surface area contributed by atoms with Crippen LogP contribution in [0.2, 0.25) is 0 Å². The molecule has 1 heterocycles. The standard InChI is InChI=1S/C10H18N4/c11-7-3-6-9-12-10(14-13-9)8-4-1-2-5-8/h8H,1-7,11H2,(H,12,13,14). The zero-order valence-corrected chi connectivity index (χ0v) is 8.50. The summed E-state index contributed by atoms with van der Waals surface area (Å²) in [5.74, 6) is 2.63. The van der Waals surface area contributed by atoms with Gasteiger partial charge in [-0.2, -0.15) is 5.10 Å². The lowest BCUT2D eigenvalue weighted by Gasteiger charge is -2.00. The van der Waals surface area contributed by atoms with E-state index in [2.05, 4.69) is 15.2 Å². The van der Waals surface area contributed by atoms with Crippen molar-refractivity contribution in [2.75, 3.05) is 6.54 Å². The third-order valence-electron chi connectivity index (χ3n) is 2.89. The summed E-state index contributed by atoms with van der Waals surface area (Å²) in [7, 11) is 0. The van der Waals surface area contributed by atoms with Crippen molar-refractivity contribution in [1.29, 1.82) is 0 Å². The maximum absolute atomic E-state index is 5.44. The normalized spacial score (nSPS) is 17.8. The van der Waals surface area contributed by atoms with Gasteiger partial charge in [-0.3, -0.25) is 5.10 Å². The van der Waals surface area contributed by atoms with Gasteiger partial charge in [0.1, 0.15) is 5.82 Å². The molecule has 0 amide bonds. The fraction of sp³-hybridized carbons (Fsp3) is 0.800. The molecule has 0 atom stereocenters. The first kappa shape index (κ1) is 9.65. The lowest BCUT2D eigenvalue weighted by atomic mass is 10.1. The van der Waals surface area contributed by atoms with Gasteiger partial charge in [-0.1, -0.05) is 12.8 Å². The lowest BCUT2D eigenvalue weighted by molar-refractivity contribution is 0.671. The maximum atomic E-state index is 5.44. The summed E-state index contributed by atoms with van der Waals surface area (Å²) in [6.45, 7) is 0.722. The van der Waals surface area contributed by atoms with Gasteiger partial charge in [0.15, 0.2) is 5.82 Å². The van der Waals surface area contributed by atoms with Gasteiger partial charge in [0.05, 0.1) is 0 Å². The summed E-state index contributed by atoms with van der Waals surface area (Å²) in [5.41, 5.74) is 5.44. The molecule has 0 spiro atoms. The van der Waals surface area contributed by atoms with Crippen LogP contribution in [0.3, 0.4) is 0 Å². The maximum Gasteiger partial charge on any atom is 0.153 e. The summed E-state index contributed by atoms with van der Waals surface area (Å²) < 4.78 is 0. The highest BCUT2D eigenvalue weighted by atomic mass is 15.2. The Balaban J connectivity index is 1.94. The zero-order valence-electron chi connectivity index (χ0n) is 8.50. The molecule has 1 aromatic rings. The van der Waals surface area contributed by atoms with E-state index in [4.69, 9.17) is 5.73 Å². The molecular weight excluding hydrogens is 176 g/mol. The highest BCUT2D eigenvalue weighted by Crippen LogP contribution is 2.31. The molecule has 0 aliphatic heterocycles. The highest BCUT2D eigenvalue weighted by molar-refractivity contribution is 5.00. The number of hydrogen-bond donors (Lipinski definition) is 2. The van der Waals surface area contributed by atoms with Gasteiger partial charge < -0.3 is 5.73 Å². The molecule has 0 aromatic carbocycles. The quantitative estimate of drug-likeness (QED) is 0.760. The number of nitrogens with two attached hydrogens (primary N) is 1. The van der Waals surface area contributed by atoms with E-state index in [9.17, 15) is 0 Å². The van der Waals surface area contributed by atoms with Crippen molar-refractivity contribution in [2.45, 2.75) is 44.4 Å². The fourth-order valence-electron chi connectivity index (χ4n) is 2.06. The smallest absolute Gasteiger partial charge is 0.153 e. The lowest BCUT2D eigenvalue weighted by Crippen LogP contribution is -2.01. The minimum absolute atomic E-state index is 0.609. The van der Waals surface area contributed by atoms with Crippen molar-refractivity contribution in [1.82, 2.24) is 15.2 Å². The number of nitrogens with one attached hydrogen (secondary N) is 1. The summed E-state index contributed by atoms with van der Waals surface area (Å²) >= 11 is 0. The van der Waals surface area contributed by atoms with Gasteiger partial charge in [0, 0.05) is 12.3 Å². The second kappa shape index (κ2) is 4.55. The zero-order chi connectivity index (χ0) is 9.80. The Morgan fingerprint density at radius 1 is 1.36 bits per heavy atom. The molecule has 3 N–H and O–H groups in total. The van der Waals surface area contributed by atoms with E-state index in [1.165, 1.54) is 25.7 Å². The van der Waals surface area contributed by atoms with Crippen LogP contribution in [0.1, 0.15) is 49.7 Å². The molecule has 0 bridgehead atoms. The largest absolute Gasteiger partial charge is 0.330 e.